The lowest BCUT2D eigenvalue weighted by molar-refractivity contribution is -0.696. The number of aromatic nitrogens is 2. The van der Waals surface area contributed by atoms with Gasteiger partial charge in [-0.2, -0.15) is 0 Å². The van der Waals surface area contributed by atoms with Crippen molar-refractivity contribution in [1.82, 2.24) is 4.98 Å². The van der Waals surface area contributed by atoms with Crippen molar-refractivity contribution in [3.63, 3.8) is 0 Å². The molecule has 1 aromatic carbocycles. The molecule has 3 aromatic rings. The molecule has 0 bridgehead atoms. The highest BCUT2D eigenvalue weighted by Crippen LogP contribution is 2.18. The zero-order valence-electron chi connectivity index (χ0n) is 19.7. The third kappa shape index (κ3) is 7.07. The Morgan fingerprint density at radius 3 is 2.58 bits per heavy atom. The first-order valence-corrected chi connectivity index (χ1v) is 12.4. The van der Waals surface area contributed by atoms with Crippen LogP contribution in [0.3, 0.4) is 0 Å². The van der Waals surface area contributed by atoms with Crippen molar-refractivity contribution in [3.05, 3.63) is 81.1 Å². The second kappa shape index (κ2) is 12.4. The maximum Gasteiger partial charge on any atom is 0.254 e. The minimum absolute atomic E-state index is 0.0129. The van der Waals surface area contributed by atoms with Crippen molar-refractivity contribution in [2.75, 3.05) is 13.2 Å². The minimum Gasteiger partial charge on any atom is -0.374 e. The number of nitrogens with zero attached hydrogens (tertiary/aromatic N) is 1. The van der Waals surface area contributed by atoms with Gasteiger partial charge in [-0.3, -0.25) is 9.59 Å². The van der Waals surface area contributed by atoms with Gasteiger partial charge in [0.05, 0.1) is 0 Å². The SMILES string of the molecule is CCCCc1[nH]cc(/C=C(\Cc2cccs2)C(=O)COCC)[n+]1Cc1ccc(C(C)=O)cc1. The summed E-state index contributed by atoms with van der Waals surface area (Å²) in [6.45, 7) is 6.93. The maximum atomic E-state index is 12.9. The van der Waals surface area contributed by atoms with E-state index < -0.39 is 0 Å². The van der Waals surface area contributed by atoms with Crippen molar-refractivity contribution in [3.8, 4) is 0 Å². The van der Waals surface area contributed by atoms with E-state index in [0.29, 0.717) is 25.1 Å². The summed E-state index contributed by atoms with van der Waals surface area (Å²) in [5.41, 5.74) is 3.53. The van der Waals surface area contributed by atoms with Gasteiger partial charge in [-0.25, -0.2) is 9.55 Å². The van der Waals surface area contributed by atoms with E-state index in [1.54, 1.807) is 18.3 Å². The number of nitrogens with one attached hydrogen (secondary N) is 1. The summed E-state index contributed by atoms with van der Waals surface area (Å²) in [7, 11) is 0. The van der Waals surface area contributed by atoms with Crippen molar-refractivity contribution in [1.29, 1.82) is 0 Å². The lowest BCUT2D eigenvalue weighted by atomic mass is 10.1. The molecule has 0 atom stereocenters. The number of ether oxygens (including phenoxy) is 1. The summed E-state index contributed by atoms with van der Waals surface area (Å²) in [6.07, 6.45) is 7.69. The van der Waals surface area contributed by atoms with Gasteiger partial charge >= 0.3 is 0 Å². The molecule has 2 aromatic heterocycles. The van der Waals surface area contributed by atoms with Crippen LogP contribution in [0, 0.1) is 0 Å². The van der Waals surface area contributed by atoms with Crippen LogP contribution in [0.1, 0.15) is 65.9 Å². The molecule has 0 aliphatic heterocycles. The van der Waals surface area contributed by atoms with Gasteiger partial charge in [-0.1, -0.05) is 43.7 Å². The summed E-state index contributed by atoms with van der Waals surface area (Å²) in [6, 6.07) is 11.8. The van der Waals surface area contributed by atoms with E-state index in [0.717, 1.165) is 46.8 Å². The molecule has 0 aliphatic rings. The lowest BCUT2D eigenvalue weighted by Gasteiger charge is -2.08. The van der Waals surface area contributed by atoms with Crippen LogP contribution in [0.15, 0.2) is 53.5 Å². The summed E-state index contributed by atoms with van der Waals surface area (Å²) < 4.78 is 7.66. The summed E-state index contributed by atoms with van der Waals surface area (Å²) >= 11 is 1.65. The maximum absolute atomic E-state index is 12.9. The summed E-state index contributed by atoms with van der Waals surface area (Å²) in [5.74, 6) is 1.21. The number of hydrogen-bond donors (Lipinski definition) is 1. The number of aromatic amines is 1. The fraction of sp³-hybridized carbons (Fsp3) is 0.370. The molecule has 5 nitrogen and oxygen atoms in total. The average Bonchev–Trinajstić information content (AvgIpc) is 3.46. The Morgan fingerprint density at radius 2 is 1.94 bits per heavy atom. The third-order valence-corrected chi connectivity index (χ3v) is 6.43. The Balaban J connectivity index is 1.95. The van der Waals surface area contributed by atoms with Gasteiger partial charge in [-0.05, 0) is 43.4 Å². The van der Waals surface area contributed by atoms with Crippen LogP contribution in [0.2, 0.25) is 0 Å². The zero-order chi connectivity index (χ0) is 23.6. The second-order valence-corrected chi connectivity index (χ2v) is 9.12. The number of aryl methyl sites for hydroxylation is 1. The molecule has 2 heterocycles. The highest BCUT2D eigenvalue weighted by atomic mass is 32.1. The molecule has 174 valence electrons. The molecule has 0 radical (unpaired) electrons. The molecule has 0 amide bonds. The highest BCUT2D eigenvalue weighted by Gasteiger charge is 2.20. The molecular formula is C27H33N2O3S+. The number of carbonyl (C=O) groups excluding carboxylic acids is 2. The summed E-state index contributed by atoms with van der Waals surface area (Å²) in [4.78, 5) is 29.2. The van der Waals surface area contributed by atoms with Crippen molar-refractivity contribution < 1.29 is 18.9 Å². The quantitative estimate of drug-likeness (QED) is 0.215. The number of Topliss-reactive ketones (excluding diaryl/α,β-unsaturated/α-hetero) is 2. The monoisotopic (exact) mass is 465 g/mol. The molecule has 1 N–H and O–H groups in total. The lowest BCUT2D eigenvalue weighted by Crippen LogP contribution is -2.40. The van der Waals surface area contributed by atoms with E-state index in [4.69, 9.17) is 4.74 Å². The van der Waals surface area contributed by atoms with Crippen LogP contribution in [0.5, 0.6) is 0 Å². The number of hydrogen-bond acceptors (Lipinski definition) is 4. The molecule has 33 heavy (non-hydrogen) atoms. The Labute approximate surface area is 200 Å². The number of H-pyrrole nitrogens is 1. The molecule has 0 aliphatic carbocycles. The second-order valence-electron chi connectivity index (χ2n) is 8.09. The third-order valence-electron chi connectivity index (χ3n) is 5.55. The van der Waals surface area contributed by atoms with Crippen LogP contribution >= 0.6 is 11.3 Å². The van der Waals surface area contributed by atoms with E-state index in [2.05, 4.69) is 22.5 Å². The molecule has 0 saturated carbocycles. The van der Waals surface area contributed by atoms with Crippen LogP contribution in [0.4, 0.5) is 0 Å². The van der Waals surface area contributed by atoms with E-state index in [1.165, 1.54) is 0 Å². The van der Waals surface area contributed by atoms with E-state index in [9.17, 15) is 9.59 Å². The van der Waals surface area contributed by atoms with Gasteiger partial charge in [0.15, 0.2) is 17.3 Å². The topological polar surface area (TPSA) is 63.0 Å². The molecule has 0 fully saturated rings. The molecule has 0 spiro atoms. The normalized spacial score (nSPS) is 11.7. The Hall–Kier alpha value is -2.83. The van der Waals surface area contributed by atoms with E-state index in [-0.39, 0.29) is 18.2 Å². The predicted octanol–water partition coefficient (Wildman–Crippen LogP) is 5.19. The minimum atomic E-state index is 0.0129. The van der Waals surface area contributed by atoms with E-state index in [1.807, 2.05) is 54.9 Å². The summed E-state index contributed by atoms with van der Waals surface area (Å²) in [5, 5.41) is 2.03. The van der Waals surface area contributed by atoms with Gasteiger partial charge in [0.1, 0.15) is 19.3 Å². The number of carbonyl (C=O) groups is 2. The average molecular weight is 466 g/mol. The standard InChI is InChI=1S/C27H32N2O3S/c1-4-6-9-27-28-17-24(29(27)18-21-10-12-22(13-11-21)20(3)30)15-23(26(31)19-32-5-2)16-25-8-7-14-33-25/h7-8,10-15,17H,4-6,9,16,18-19H2,1-3H3/p+1/b23-15+. The number of benzene rings is 1. The number of rotatable bonds is 13. The van der Waals surface area contributed by atoms with Gasteiger partial charge in [-0.15, -0.1) is 11.3 Å². The van der Waals surface area contributed by atoms with Gasteiger partial charge in [0.2, 0.25) is 0 Å². The van der Waals surface area contributed by atoms with Gasteiger partial charge in [0.25, 0.3) is 5.82 Å². The first-order chi connectivity index (χ1) is 16.0. The first-order valence-electron chi connectivity index (χ1n) is 11.6. The van der Waals surface area contributed by atoms with Crippen LogP contribution in [0.25, 0.3) is 6.08 Å². The molecule has 6 heteroatoms. The predicted molar refractivity (Wildman–Crippen MR) is 133 cm³/mol. The van der Waals surface area contributed by atoms with Crippen molar-refractivity contribution in [2.45, 2.75) is 53.0 Å². The van der Waals surface area contributed by atoms with Crippen LogP contribution in [-0.4, -0.2) is 29.8 Å². The molecular weight excluding hydrogens is 432 g/mol. The Kier molecular flexibility index (Phi) is 9.34. The van der Waals surface area contributed by atoms with Gasteiger partial charge < -0.3 is 4.74 Å². The number of unbranched alkanes of at least 4 members (excludes halogenated alkanes) is 1. The highest BCUT2D eigenvalue weighted by molar-refractivity contribution is 7.09. The van der Waals surface area contributed by atoms with Crippen molar-refractivity contribution >= 4 is 29.0 Å². The van der Waals surface area contributed by atoms with Gasteiger partial charge in [0, 0.05) is 35.5 Å². The number of imidazole rings is 1. The Morgan fingerprint density at radius 1 is 1.15 bits per heavy atom. The number of ketones is 2. The smallest absolute Gasteiger partial charge is 0.254 e. The van der Waals surface area contributed by atoms with Crippen LogP contribution in [-0.2, 0) is 28.9 Å². The van der Waals surface area contributed by atoms with Crippen molar-refractivity contribution in [2.24, 2.45) is 0 Å². The number of thiophene rings is 1. The van der Waals surface area contributed by atoms with E-state index >= 15 is 0 Å². The van der Waals surface area contributed by atoms with Crippen LogP contribution < -0.4 is 4.57 Å². The molecule has 0 saturated heterocycles. The molecule has 3 rings (SSSR count). The first kappa shape index (κ1) is 24.8. The fourth-order valence-electron chi connectivity index (χ4n) is 3.65. The zero-order valence-corrected chi connectivity index (χ0v) is 20.5. The Bertz CT molecular complexity index is 1080. The largest absolute Gasteiger partial charge is 0.374 e. The molecule has 0 unspecified atom stereocenters. The fourth-order valence-corrected chi connectivity index (χ4v) is 4.38.